The summed E-state index contributed by atoms with van der Waals surface area (Å²) in [5.74, 6) is 0.0472. The largest absolute Gasteiger partial charge is 0.330 e. The van der Waals surface area contributed by atoms with Gasteiger partial charge in [0.25, 0.3) is 0 Å². The van der Waals surface area contributed by atoms with Gasteiger partial charge in [0, 0.05) is 16.7 Å². The molecular formula is C15H22ClN3OS2. The van der Waals surface area contributed by atoms with E-state index in [9.17, 15) is 4.79 Å². The van der Waals surface area contributed by atoms with Gasteiger partial charge in [0.05, 0.1) is 10.6 Å². The number of rotatable bonds is 8. The van der Waals surface area contributed by atoms with Crippen LogP contribution in [-0.4, -0.2) is 17.4 Å². The first-order chi connectivity index (χ1) is 10.2. The van der Waals surface area contributed by atoms with Crippen LogP contribution < -0.4 is 11.1 Å². The van der Waals surface area contributed by atoms with E-state index >= 15 is 0 Å². The predicted molar refractivity (Wildman–Crippen MR) is 98.2 cm³/mol. The van der Waals surface area contributed by atoms with Crippen molar-refractivity contribution in [1.82, 2.24) is 4.98 Å². The summed E-state index contributed by atoms with van der Waals surface area (Å²) in [5, 5.41) is 5.55. The lowest BCUT2D eigenvalue weighted by molar-refractivity contribution is -0.116. The summed E-state index contributed by atoms with van der Waals surface area (Å²) >= 11 is 3.19. The second-order valence-electron chi connectivity index (χ2n) is 4.95. The lowest BCUT2D eigenvalue weighted by Crippen LogP contribution is -2.10. The van der Waals surface area contributed by atoms with Crippen LogP contribution >= 0.6 is 35.1 Å². The number of unbranched alkanes of at least 4 members (excludes halogenated alkanes) is 3. The number of hydrogen-bond donors (Lipinski definition) is 2. The van der Waals surface area contributed by atoms with Gasteiger partial charge >= 0.3 is 0 Å². The number of halogens is 1. The van der Waals surface area contributed by atoms with E-state index < -0.39 is 0 Å². The molecule has 2 aromatic heterocycles. The number of anilines is 1. The Morgan fingerprint density at radius 1 is 1.27 bits per heavy atom. The fourth-order valence-corrected chi connectivity index (χ4v) is 3.61. The fourth-order valence-electron chi connectivity index (χ4n) is 1.98. The molecule has 0 aromatic carbocycles. The van der Waals surface area contributed by atoms with Gasteiger partial charge in [-0.3, -0.25) is 4.79 Å². The second-order valence-corrected chi connectivity index (χ2v) is 7.10. The third-order valence-corrected chi connectivity index (χ3v) is 4.88. The molecule has 0 aliphatic rings. The normalized spacial score (nSPS) is 10.3. The van der Waals surface area contributed by atoms with Crippen molar-refractivity contribution in [3.05, 3.63) is 22.4 Å². The number of amides is 1. The first-order valence-corrected chi connectivity index (χ1v) is 8.91. The van der Waals surface area contributed by atoms with Gasteiger partial charge in [-0.05, 0) is 38.4 Å². The SMILES string of the molecule is Cc1ccc(-c2csc(NC(=O)CCCCCCN)n2)s1.Cl. The van der Waals surface area contributed by atoms with Crippen LogP contribution in [0.1, 0.15) is 37.0 Å². The predicted octanol–water partition coefficient (Wildman–Crippen LogP) is 4.45. The molecule has 0 unspecified atom stereocenters. The lowest BCUT2D eigenvalue weighted by Gasteiger charge is -2.01. The fraction of sp³-hybridized carbons (Fsp3) is 0.467. The number of carbonyl (C=O) groups is 1. The van der Waals surface area contributed by atoms with E-state index in [0.29, 0.717) is 11.6 Å². The summed E-state index contributed by atoms with van der Waals surface area (Å²) in [5.41, 5.74) is 6.38. The molecular weight excluding hydrogens is 338 g/mol. The number of thiazole rings is 1. The van der Waals surface area contributed by atoms with Crippen molar-refractivity contribution >= 4 is 46.1 Å². The maximum absolute atomic E-state index is 11.8. The minimum Gasteiger partial charge on any atom is -0.330 e. The minimum absolute atomic E-state index is 0. The van der Waals surface area contributed by atoms with Crippen LogP contribution in [0, 0.1) is 6.92 Å². The summed E-state index contributed by atoms with van der Waals surface area (Å²) in [6.07, 6.45) is 4.66. The molecule has 2 rings (SSSR count). The molecule has 0 saturated carbocycles. The monoisotopic (exact) mass is 359 g/mol. The Balaban J connectivity index is 0.00000242. The third-order valence-electron chi connectivity index (χ3n) is 3.10. The molecule has 0 aliphatic heterocycles. The summed E-state index contributed by atoms with van der Waals surface area (Å²) < 4.78 is 0. The molecule has 7 heteroatoms. The van der Waals surface area contributed by atoms with Crippen LogP contribution in [0.2, 0.25) is 0 Å². The zero-order valence-corrected chi connectivity index (χ0v) is 15.1. The van der Waals surface area contributed by atoms with Crippen molar-refractivity contribution in [1.29, 1.82) is 0 Å². The van der Waals surface area contributed by atoms with Gasteiger partial charge in [0.1, 0.15) is 0 Å². The van der Waals surface area contributed by atoms with Gasteiger partial charge in [-0.2, -0.15) is 0 Å². The lowest BCUT2D eigenvalue weighted by atomic mass is 10.1. The summed E-state index contributed by atoms with van der Waals surface area (Å²) in [6, 6.07) is 4.15. The average Bonchev–Trinajstić information content (AvgIpc) is 3.07. The van der Waals surface area contributed by atoms with Crippen LogP contribution in [0.25, 0.3) is 10.6 Å². The standard InChI is InChI=1S/C15H21N3OS2.ClH/c1-11-7-8-13(21-11)12-10-20-15(17-12)18-14(19)6-4-2-3-5-9-16;/h7-8,10H,2-6,9,16H2,1H3,(H,17,18,19);1H. The molecule has 122 valence electrons. The van der Waals surface area contributed by atoms with Crippen LogP contribution in [-0.2, 0) is 4.79 Å². The highest BCUT2D eigenvalue weighted by Gasteiger charge is 2.09. The molecule has 2 heterocycles. The topological polar surface area (TPSA) is 68.0 Å². The molecule has 1 amide bonds. The Morgan fingerprint density at radius 3 is 2.73 bits per heavy atom. The number of hydrogen-bond acceptors (Lipinski definition) is 5. The Kier molecular flexibility index (Phi) is 8.63. The van der Waals surface area contributed by atoms with Crippen LogP contribution in [0.5, 0.6) is 0 Å². The molecule has 4 nitrogen and oxygen atoms in total. The first-order valence-electron chi connectivity index (χ1n) is 7.21. The minimum atomic E-state index is 0. The van der Waals surface area contributed by atoms with E-state index in [1.165, 1.54) is 16.2 Å². The molecule has 0 spiro atoms. The molecule has 3 N–H and O–H groups in total. The van der Waals surface area contributed by atoms with Crippen LogP contribution in [0.4, 0.5) is 5.13 Å². The molecule has 2 aromatic rings. The zero-order valence-electron chi connectivity index (χ0n) is 12.6. The summed E-state index contributed by atoms with van der Waals surface area (Å²) in [6.45, 7) is 2.81. The Morgan fingerprint density at radius 2 is 2.05 bits per heavy atom. The molecule has 0 bridgehead atoms. The highest BCUT2D eigenvalue weighted by atomic mass is 35.5. The number of thiophene rings is 1. The molecule has 22 heavy (non-hydrogen) atoms. The van der Waals surface area contributed by atoms with E-state index in [1.54, 1.807) is 11.3 Å². The molecule has 0 fully saturated rings. The number of carbonyl (C=O) groups excluding carboxylic acids is 1. The van der Waals surface area contributed by atoms with Gasteiger partial charge in [-0.1, -0.05) is 12.8 Å². The third kappa shape index (κ3) is 6.04. The van der Waals surface area contributed by atoms with E-state index in [-0.39, 0.29) is 18.3 Å². The van der Waals surface area contributed by atoms with Crippen LogP contribution in [0.3, 0.4) is 0 Å². The van der Waals surface area contributed by atoms with Crippen molar-refractivity contribution < 1.29 is 4.79 Å². The quantitative estimate of drug-likeness (QED) is 0.684. The van der Waals surface area contributed by atoms with Gasteiger partial charge in [0.2, 0.25) is 5.91 Å². The van der Waals surface area contributed by atoms with E-state index in [0.717, 1.165) is 42.8 Å². The van der Waals surface area contributed by atoms with Crippen LogP contribution in [0.15, 0.2) is 17.5 Å². The van der Waals surface area contributed by atoms with Crippen molar-refractivity contribution in [2.24, 2.45) is 5.73 Å². The maximum Gasteiger partial charge on any atom is 0.226 e. The first kappa shape index (κ1) is 19.1. The van der Waals surface area contributed by atoms with Gasteiger partial charge in [-0.15, -0.1) is 35.1 Å². The number of aryl methyl sites for hydroxylation is 1. The number of nitrogens with one attached hydrogen (secondary N) is 1. The van der Waals surface area contributed by atoms with Gasteiger partial charge in [0.15, 0.2) is 5.13 Å². The van der Waals surface area contributed by atoms with Crippen molar-refractivity contribution in [3.8, 4) is 10.6 Å². The van der Waals surface area contributed by atoms with E-state index in [2.05, 4.69) is 29.4 Å². The molecule has 0 saturated heterocycles. The highest BCUT2D eigenvalue weighted by molar-refractivity contribution is 7.17. The number of nitrogens with zero attached hydrogens (tertiary/aromatic N) is 1. The Labute approximate surface area is 145 Å². The Hall–Kier alpha value is -0.950. The van der Waals surface area contributed by atoms with Gasteiger partial charge < -0.3 is 11.1 Å². The summed E-state index contributed by atoms with van der Waals surface area (Å²) in [7, 11) is 0. The smallest absolute Gasteiger partial charge is 0.226 e. The Bertz CT molecular complexity index is 583. The second kappa shape index (κ2) is 9.94. The van der Waals surface area contributed by atoms with E-state index in [4.69, 9.17) is 5.73 Å². The molecule has 0 aliphatic carbocycles. The highest BCUT2D eigenvalue weighted by Crippen LogP contribution is 2.30. The van der Waals surface area contributed by atoms with Crippen molar-refractivity contribution in [3.63, 3.8) is 0 Å². The van der Waals surface area contributed by atoms with Crippen molar-refractivity contribution in [2.45, 2.75) is 39.0 Å². The average molecular weight is 360 g/mol. The van der Waals surface area contributed by atoms with Gasteiger partial charge in [-0.25, -0.2) is 4.98 Å². The maximum atomic E-state index is 11.8. The molecule has 0 radical (unpaired) electrons. The van der Waals surface area contributed by atoms with Crippen molar-refractivity contribution in [2.75, 3.05) is 11.9 Å². The number of nitrogens with two attached hydrogens (primary N) is 1. The van der Waals surface area contributed by atoms with E-state index in [1.807, 2.05) is 5.38 Å². The summed E-state index contributed by atoms with van der Waals surface area (Å²) in [4.78, 5) is 18.7. The zero-order chi connectivity index (χ0) is 15.1. The molecule has 0 atom stereocenters. The number of aromatic nitrogens is 1.